The van der Waals surface area contributed by atoms with Crippen molar-refractivity contribution in [3.05, 3.63) is 133 Å². The molecule has 202 valence electrons. The molecule has 5 heterocycles. The van der Waals surface area contributed by atoms with E-state index in [0.717, 1.165) is 17.1 Å². The van der Waals surface area contributed by atoms with Gasteiger partial charge in [0.05, 0.1) is 0 Å². The fraction of sp³-hybridized carbons (Fsp3) is 0.303. The highest BCUT2D eigenvalue weighted by Crippen LogP contribution is 2.12. The zero-order valence-electron chi connectivity index (χ0n) is 24.7. The molecular weight excluding hydrogens is 503 g/mol. The number of rotatable bonds is 0. The molecule has 0 unspecified atom stereocenters. The molecule has 0 atom stereocenters. The monoisotopic (exact) mass is 545 g/mol. The van der Waals surface area contributed by atoms with E-state index >= 15 is 0 Å². The molecule has 0 bridgehead atoms. The van der Waals surface area contributed by atoms with Crippen molar-refractivity contribution in [2.75, 3.05) is 0 Å². The van der Waals surface area contributed by atoms with Gasteiger partial charge in [-0.15, -0.1) is 22.7 Å². The van der Waals surface area contributed by atoms with Crippen LogP contribution in [0.2, 0.25) is 0 Å². The smallest absolute Gasteiger partial charge is 0.0375 e. The summed E-state index contributed by atoms with van der Waals surface area (Å²) in [5.74, 6) is 0. The molecular formula is C33H43N3S2. The first-order valence-corrected chi connectivity index (χ1v) is 14.4. The lowest BCUT2D eigenvalue weighted by Gasteiger charge is -1.90. The van der Waals surface area contributed by atoms with Gasteiger partial charge < -0.3 is 0 Å². The number of aromatic nitrogens is 3. The van der Waals surface area contributed by atoms with Crippen LogP contribution in [0.3, 0.4) is 0 Å². The maximum absolute atomic E-state index is 4.17. The van der Waals surface area contributed by atoms with Crippen LogP contribution in [0.15, 0.2) is 78.6 Å². The first-order chi connectivity index (χ1) is 17.9. The van der Waals surface area contributed by atoms with Gasteiger partial charge in [0.15, 0.2) is 0 Å². The third-order valence-electron chi connectivity index (χ3n) is 4.83. The molecule has 0 saturated carbocycles. The summed E-state index contributed by atoms with van der Waals surface area (Å²) < 4.78 is 0. The predicted octanol–water partition coefficient (Wildman–Crippen LogP) is 9.83. The predicted molar refractivity (Wildman–Crippen MR) is 169 cm³/mol. The fourth-order valence-corrected chi connectivity index (χ4v) is 4.53. The molecule has 0 fully saturated rings. The van der Waals surface area contributed by atoms with E-state index in [2.05, 4.69) is 78.4 Å². The van der Waals surface area contributed by atoms with Gasteiger partial charge in [-0.25, -0.2) is 0 Å². The summed E-state index contributed by atoms with van der Waals surface area (Å²) in [5, 5.41) is 2.16. The first-order valence-electron chi connectivity index (χ1n) is 12.7. The Hall–Kier alpha value is -3.15. The van der Waals surface area contributed by atoms with Gasteiger partial charge in [0.2, 0.25) is 0 Å². The van der Waals surface area contributed by atoms with E-state index in [0.29, 0.717) is 0 Å². The van der Waals surface area contributed by atoms with Gasteiger partial charge in [-0.3, -0.25) is 15.0 Å². The van der Waals surface area contributed by atoms with E-state index in [1.165, 1.54) is 36.9 Å². The standard InChI is InChI=1S/3C7H9N.2C6H8S/c1-6-3-7(2)5-8-4-6;1-6-3-4-7(2)8-5-6;1-6-4-3-5-7(2)8-6;1-5-3-6(2)7-4-5;1-5-3-4-6(2)7-5/h3*3-5H,1-2H3;2*3-4H,1-2H3. The number of hydrogen-bond donors (Lipinski definition) is 0. The molecule has 5 aromatic heterocycles. The highest BCUT2D eigenvalue weighted by Gasteiger charge is 1.86. The van der Waals surface area contributed by atoms with Crippen LogP contribution >= 0.6 is 22.7 Å². The van der Waals surface area contributed by atoms with E-state index in [1.54, 1.807) is 11.3 Å². The molecule has 0 spiro atoms. The molecule has 5 aromatic rings. The summed E-state index contributed by atoms with van der Waals surface area (Å²) in [6.07, 6.45) is 5.58. The minimum absolute atomic E-state index is 1.08. The lowest BCUT2D eigenvalue weighted by molar-refractivity contribution is 1.12. The summed E-state index contributed by atoms with van der Waals surface area (Å²) in [5.41, 5.74) is 8.30. The van der Waals surface area contributed by atoms with Crippen molar-refractivity contribution in [3.8, 4) is 0 Å². The third-order valence-corrected chi connectivity index (χ3v) is 6.73. The first kappa shape index (κ1) is 32.9. The topological polar surface area (TPSA) is 38.7 Å². The van der Waals surface area contributed by atoms with E-state index in [4.69, 9.17) is 0 Å². The van der Waals surface area contributed by atoms with Gasteiger partial charge in [0, 0.05) is 50.3 Å². The summed E-state index contributed by atoms with van der Waals surface area (Å²) in [6, 6.07) is 18.6. The molecule has 5 heteroatoms. The quantitative estimate of drug-likeness (QED) is 0.194. The van der Waals surface area contributed by atoms with Gasteiger partial charge in [-0.2, -0.15) is 0 Å². The van der Waals surface area contributed by atoms with E-state index in [9.17, 15) is 0 Å². The molecule has 0 aromatic carbocycles. The van der Waals surface area contributed by atoms with Crippen LogP contribution in [0.4, 0.5) is 0 Å². The number of nitrogens with zero attached hydrogens (tertiary/aromatic N) is 3. The van der Waals surface area contributed by atoms with Gasteiger partial charge in [-0.05, 0) is 133 Å². The van der Waals surface area contributed by atoms with Crippen molar-refractivity contribution in [1.82, 2.24) is 15.0 Å². The lowest BCUT2D eigenvalue weighted by atomic mass is 10.2. The van der Waals surface area contributed by atoms with Crippen LogP contribution in [-0.4, -0.2) is 15.0 Å². The minimum atomic E-state index is 1.08. The fourth-order valence-electron chi connectivity index (χ4n) is 3.06. The number of aryl methyl sites for hydroxylation is 10. The van der Waals surface area contributed by atoms with Crippen LogP contribution in [0, 0.1) is 69.2 Å². The summed E-state index contributed by atoms with van der Waals surface area (Å²) >= 11 is 3.65. The van der Waals surface area contributed by atoms with Crippen LogP contribution in [0.5, 0.6) is 0 Å². The van der Waals surface area contributed by atoms with Gasteiger partial charge in [0.1, 0.15) is 0 Å². The average Bonchev–Trinajstić information content (AvgIpc) is 3.42. The van der Waals surface area contributed by atoms with Crippen LogP contribution in [0.1, 0.15) is 54.0 Å². The maximum atomic E-state index is 4.17. The van der Waals surface area contributed by atoms with E-state index in [-0.39, 0.29) is 0 Å². The Balaban J connectivity index is 0.000000238. The zero-order valence-corrected chi connectivity index (χ0v) is 26.3. The molecule has 0 aliphatic heterocycles. The van der Waals surface area contributed by atoms with Crippen molar-refractivity contribution in [3.63, 3.8) is 0 Å². The van der Waals surface area contributed by atoms with Gasteiger partial charge in [0.25, 0.3) is 0 Å². The molecule has 0 radical (unpaired) electrons. The van der Waals surface area contributed by atoms with Crippen LogP contribution < -0.4 is 0 Å². The third kappa shape index (κ3) is 16.6. The Morgan fingerprint density at radius 1 is 0.500 bits per heavy atom. The Bertz CT molecular complexity index is 1150. The molecule has 0 aliphatic rings. The van der Waals surface area contributed by atoms with Crippen LogP contribution in [-0.2, 0) is 0 Å². The Labute approximate surface area is 238 Å². The van der Waals surface area contributed by atoms with Gasteiger partial charge >= 0.3 is 0 Å². The second-order valence-corrected chi connectivity index (χ2v) is 11.9. The molecule has 0 amide bonds. The number of pyridine rings is 3. The minimum Gasteiger partial charge on any atom is -0.264 e. The Kier molecular flexibility index (Phi) is 15.7. The van der Waals surface area contributed by atoms with Crippen molar-refractivity contribution < 1.29 is 0 Å². The molecule has 0 N–H and O–H groups in total. The van der Waals surface area contributed by atoms with E-state index < -0.39 is 0 Å². The SMILES string of the molecule is Cc1ccc(C)nc1.Cc1ccc(C)s1.Cc1cccc(C)n1.Cc1cncc(C)c1.Cc1csc(C)c1. The Morgan fingerprint density at radius 3 is 1.32 bits per heavy atom. The lowest BCUT2D eigenvalue weighted by Crippen LogP contribution is -1.81. The van der Waals surface area contributed by atoms with Crippen LogP contribution in [0.25, 0.3) is 0 Å². The molecule has 38 heavy (non-hydrogen) atoms. The summed E-state index contributed by atoms with van der Waals surface area (Å²) in [6.45, 7) is 20.6. The number of thiophene rings is 2. The second-order valence-electron chi connectivity index (χ2n) is 9.33. The average molecular weight is 546 g/mol. The number of hydrogen-bond acceptors (Lipinski definition) is 5. The summed E-state index contributed by atoms with van der Waals surface area (Å²) in [7, 11) is 0. The van der Waals surface area contributed by atoms with Crippen molar-refractivity contribution in [1.29, 1.82) is 0 Å². The van der Waals surface area contributed by atoms with E-state index in [1.807, 2.05) is 95.7 Å². The Morgan fingerprint density at radius 2 is 1.08 bits per heavy atom. The molecule has 3 nitrogen and oxygen atoms in total. The second kappa shape index (κ2) is 18.2. The normalized spacial score (nSPS) is 9.32. The highest BCUT2D eigenvalue weighted by atomic mass is 32.1. The largest absolute Gasteiger partial charge is 0.264 e. The van der Waals surface area contributed by atoms with Gasteiger partial charge in [-0.1, -0.05) is 18.2 Å². The van der Waals surface area contributed by atoms with Crippen molar-refractivity contribution in [2.24, 2.45) is 0 Å². The maximum Gasteiger partial charge on any atom is 0.0375 e. The van der Waals surface area contributed by atoms with Crippen molar-refractivity contribution in [2.45, 2.75) is 69.2 Å². The molecule has 5 rings (SSSR count). The zero-order chi connectivity index (χ0) is 28.5. The highest BCUT2D eigenvalue weighted by molar-refractivity contribution is 7.11. The molecule has 0 saturated heterocycles. The molecule has 0 aliphatic carbocycles. The summed E-state index contributed by atoms with van der Waals surface area (Å²) in [4.78, 5) is 16.4. The van der Waals surface area contributed by atoms with Crippen molar-refractivity contribution >= 4 is 22.7 Å².